The molecule has 1 aromatic heterocycles. The Kier molecular flexibility index (Phi) is 5.42. The molecule has 19 heavy (non-hydrogen) atoms. The van der Waals surface area contributed by atoms with Gasteiger partial charge in [0.2, 0.25) is 0 Å². The number of hydrogen-bond donors (Lipinski definition) is 1. The highest BCUT2D eigenvalue weighted by Gasteiger charge is 2.24. The van der Waals surface area contributed by atoms with E-state index in [0.29, 0.717) is 6.04 Å². The normalized spacial score (nSPS) is 19.5. The average Bonchev–Trinajstić information content (AvgIpc) is 3.01. The van der Waals surface area contributed by atoms with Gasteiger partial charge in [0.25, 0.3) is 0 Å². The molecule has 0 radical (unpaired) electrons. The average molecular weight is 329 g/mol. The minimum atomic E-state index is 0.673. The van der Waals surface area contributed by atoms with E-state index in [2.05, 4.69) is 56.7 Å². The standard InChI is InChI=1S/C14H25BrN4/c1-4-8-18(12-6-7-16-9-12)10-13-14(15)11(3)17-19(13)5-2/h12,16H,4-10H2,1-3H3. The molecule has 1 unspecified atom stereocenters. The molecule has 2 rings (SSSR count). The van der Waals surface area contributed by atoms with Crippen LogP contribution in [0.4, 0.5) is 0 Å². The predicted molar refractivity (Wildman–Crippen MR) is 82.3 cm³/mol. The van der Waals surface area contributed by atoms with Crippen molar-refractivity contribution >= 4 is 15.9 Å². The molecule has 0 aromatic carbocycles. The van der Waals surface area contributed by atoms with Crippen molar-refractivity contribution in [3.8, 4) is 0 Å². The minimum Gasteiger partial charge on any atom is -0.315 e. The van der Waals surface area contributed by atoms with Crippen molar-refractivity contribution < 1.29 is 0 Å². The molecule has 5 heteroatoms. The minimum absolute atomic E-state index is 0.673. The molecule has 1 aromatic rings. The Morgan fingerprint density at radius 2 is 2.26 bits per heavy atom. The van der Waals surface area contributed by atoms with Gasteiger partial charge in [-0.2, -0.15) is 5.10 Å². The van der Waals surface area contributed by atoms with E-state index in [1.807, 2.05) is 0 Å². The van der Waals surface area contributed by atoms with Gasteiger partial charge in [-0.05, 0) is 55.7 Å². The molecule has 1 aliphatic heterocycles. The van der Waals surface area contributed by atoms with E-state index < -0.39 is 0 Å². The molecule has 0 amide bonds. The van der Waals surface area contributed by atoms with Crippen LogP contribution in [0.25, 0.3) is 0 Å². The molecule has 108 valence electrons. The zero-order chi connectivity index (χ0) is 13.8. The largest absolute Gasteiger partial charge is 0.315 e. The summed E-state index contributed by atoms with van der Waals surface area (Å²) in [5.41, 5.74) is 2.41. The summed E-state index contributed by atoms with van der Waals surface area (Å²) in [4.78, 5) is 2.60. The van der Waals surface area contributed by atoms with Crippen molar-refractivity contribution in [2.75, 3.05) is 19.6 Å². The van der Waals surface area contributed by atoms with Crippen LogP contribution in [0.15, 0.2) is 4.47 Å². The molecule has 0 spiro atoms. The first-order chi connectivity index (χ1) is 9.17. The summed E-state index contributed by atoms with van der Waals surface area (Å²) in [5, 5.41) is 8.07. The van der Waals surface area contributed by atoms with Crippen molar-refractivity contribution in [3.05, 3.63) is 15.9 Å². The van der Waals surface area contributed by atoms with Crippen LogP contribution in [-0.4, -0.2) is 40.4 Å². The lowest BCUT2D eigenvalue weighted by atomic mass is 10.2. The number of halogens is 1. The molecule has 0 aliphatic carbocycles. The van der Waals surface area contributed by atoms with Gasteiger partial charge in [-0.25, -0.2) is 0 Å². The summed E-state index contributed by atoms with van der Waals surface area (Å²) in [6, 6.07) is 0.673. The van der Waals surface area contributed by atoms with E-state index in [1.54, 1.807) is 0 Å². The Bertz CT molecular complexity index is 410. The lowest BCUT2D eigenvalue weighted by Crippen LogP contribution is -2.37. The maximum atomic E-state index is 4.60. The number of hydrogen-bond acceptors (Lipinski definition) is 3. The molecule has 0 bridgehead atoms. The van der Waals surface area contributed by atoms with E-state index in [9.17, 15) is 0 Å². The first-order valence-electron chi connectivity index (χ1n) is 7.33. The summed E-state index contributed by atoms with van der Waals surface area (Å²) in [6.45, 7) is 11.8. The third-order valence-corrected chi connectivity index (χ3v) is 4.90. The highest BCUT2D eigenvalue weighted by molar-refractivity contribution is 9.10. The van der Waals surface area contributed by atoms with Crippen LogP contribution in [-0.2, 0) is 13.1 Å². The fraction of sp³-hybridized carbons (Fsp3) is 0.786. The highest BCUT2D eigenvalue weighted by Crippen LogP contribution is 2.24. The summed E-state index contributed by atoms with van der Waals surface area (Å²) in [7, 11) is 0. The van der Waals surface area contributed by atoms with Crippen LogP contribution in [0.3, 0.4) is 0 Å². The van der Waals surface area contributed by atoms with Gasteiger partial charge in [0.1, 0.15) is 0 Å². The molecule has 0 saturated carbocycles. The maximum Gasteiger partial charge on any atom is 0.0739 e. The Balaban J connectivity index is 2.16. The predicted octanol–water partition coefficient (Wildman–Crippen LogP) is 2.55. The zero-order valence-electron chi connectivity index (χ0n) is 12.2. The van der Waals surface area contributed by atoms with Gasteiger partial charge >= 0.3 is 0 Å². The Morgan fingerprint density at radius 1 is 1.47 bits per heavy atom. The summed E-state index contributed by atoms with van der Waals surface area (Å²) in [5.74, 6) is 0. The second-order valence-corrected chi connectivity index (χ2v) is 6.07. The quantitative estimate of drug-likeness (QED) is 0.871. The van der Waals surface area contributed by atoms with Crippen LogP contribution in [0.5, 0.6) is 0 Å². The Labute approximate surface area is 124 Å². The second kappa shape index (κ2) is 6.86. The molecule has 2 heterocycles. The van der Waals surface area contributed by atoms with Crippen LogP contribution in [0, 0.1) is 6.92 Å². The maximum absolute atomic E-state index is 4.60. The number of nitrogens with zero attached hydrogens (tertiary/aromatic N) is 3. The molecule has 1 saturated heterocycles. The molecule has 1 atom stereocenters. The lowest BCUT2D eigenvalue weighted by molar-refractivity contribution is 0.193. The molecule has 1 N–H and O–H groups in total. The van der Waals surface area contributed by atoms with Crippen molar-refractivity contribution in [2.45, 2.75) is 52.7 Å². The van der Waals surface area contributed by atoms with Gasteiger partial charge in [-0.1, -0.05) is 6.92 Å². The second-order valence-electron chi connectivity index (χ2n) is 5.28. The third-order valence-electron chi connectivity index (χ3n) is 3.87. The number of rotatable bonds is 6. The van der Waals surface area contributed by atoms with Gasteiger partial charge in [-0.3, -0.25) is 9.58 Å². The molecule has 4 nitrogen and oxygen atoms in total. The van der Waals surface area contributed by atoms with Gasteiger partial charge in [0, 0.05) is 25.7 Å². The topological polar surface area (TPSA) is 33.1 Å². The van der Waals surface area contributed by atoms with Crippen LogP contribution in [0.1, 0.15) is 38.1 Å². The van der Waals surface area contributed by atoms with E-state index in [-0.39, 0.29) is 0 Å². The van der Waals surface area contributed by atoms with E-state index in [0.717, 1.165) is 38.4 Å². The van der Waals surface area contributed by atoms with Gasteiger partial charge in [-0.15, -0.1) is 0 Å². The number of aromatic nitrogens is 2. The number of nitrogens with one attached hydrogen (secondary N) is 1. The van der Waals surface area contributed by atoms with Crippen LogP contribution < -0.4 is 5.32 Å². The van der Waals surface area contributed by atoms with Gasteiger partial charge in [0.15, 0.2) is 0 Å². The summed E-state index contributed by atoms with van der Waals surface area (Å²) < 4.78 is 3.31. The fourth-order valence-corrected chi connectivity index (χ4v) is 3.25. The van der Waals surface area contributed by atoms with Crippen molar-refractivity contribution in [1.82, 2.24) is 20.0 Å². The van der Waals surface area contributed by atoms with Gasteiger partial charge in [0.05, 0.1) is 15.9 Å². The highest BCUT2D eigenvalue weighted by atomic mass is 79.9. The summed E-state index contributed by atoms with van der Waals surface area (Å²) in [6.07, 6.45) is 2.46. The van der Waals surface area contributed by atoms with Crippen molar-refractivity contribution in [3.63, 3.8) is 0 Å². The molecular formula is C14H25BrN4. The summed E-state index contributed by atoms with van der Waals surface area (Å²) >= 11 is 3.70. The van der Waals surface area contributed by atoms with E-state index >= 15 is 0 Å². The van der Waals surface area contributed by atoms with E-state index in [1.165, 1.54) is 23.0 Å². The third kappa shape index (κ3) is 3.38. The Hall–Kier alpha value is -0.390. The van der Waals surface area contributed by atoms with Gasteiger partial charge < -0.3 is 5.32 Å². The smallest absolute Gasteiger partial charge is 0.0739 e. The first kappa shape index (κ1) is 15.0. The van der Waals surface area contributed by atoms with Crippen LogP contribution in [0.2, 0.25) is 0 Å². The SMILES string of the molecule is CCCN(Cc1c(Br)c(C)nn1CC)C1CCNC1. The van der Waals surface area contributed by atoms with Crippen LogP contribution >= 0.6 is 15.9 Å². The van der Waals surface area contributed by atoms with Crippen molar-refractivity contribution in [2.24, 2.45) is 0 Å². The molecule has 1 aliphatic rings. The number of aryl methyl sites for hydroxylation is 2. The molecule has 1 fully saturated rings. The Morgan fingerprint density at radius 3 is 2.84 bits per heavy atom. The fourth-order valence-electron chi connectivity index (χ4n) is 2.84. The van der Waals surface area contributed by atoms with Crippen molar-refractivity contribution in [1.29, 1.82) is 0 Å². The lowest BCUT2D eigenvalue weighted by Gasteiger charge is -2.28. The first-order valence-corrected chi connectivity index (χ1v) is 8.13. The molecular weight excluding hydrogens is 304 g/mol. The zero-order valence-corrected chi connectivity index (χ0v) is 13.8. The van der Waals surface area contributed by atoms with E-state index in [4.69, 9.17) is 0 Å². The monoisotopic (exact) mass is 328 g/mol.